The second-order valence-electron chi connectivity index (χ2n) is 26.1. The third-order valence-electron chi connectivity index (χ3n) is 18.5. The summed E-state index contributed by atoms with van der Waals surface area (Å²) in [7, 11) is 0. The van der Waals surface area contributed by atoms with Gasteiger partial charge >= 0.3 is 5.97 Å². The first kappa shape index (κ1) is 84.1. The number of nitrogens with one attached hydrogen (secondary N) is 6. The highest BCUT2D eigenvalue weighted by Gasteiger charge is 2.46. The van der Waals surface area contributed by atoms with Crippen molar-refractivity contribution in [1.82, 2.24) is 46.4 Å². The third kappa shape index (κ3) is 24.5. The van der Waals surface area contributed by atoms with E-state index in [0.29, 0.717) is 164 Å². The van der Waals surface area contributed by atoms with Gasteiger partial charge in [0.2, 0.25) is 35.4 Å². The Morgan fingerprint density at radius 3 is 1.91 bits per heavy atom. The molecule has 5 heterocycles. The van der Waals surface area contributed by atoms with Crippen LogP contribution in [0.15, 0.2) is 88.7 Å². The molecule has 0 radical (unpaired) electrons. The van der Waals surface area contributed by atoms with Gasteiger partial charge in [-0.05, 0) is 85.0 Å². The molecular formula is C77H95FN10O22. The molecule has 9 amide bonds. The summed E-state index contributed by atoms with van der Waals surface area (Å²) in [4.78, 5) is 150. The van der Waals surface area contributed by atoms with Gasteiger partial charge in [-0.25, -0.2) is 19.2 Å². The molecule has 0 bridgehead atoms. The van der Waals surface area contributed by atoms with Gasteiger partial charge in [0, 0.05) is 78.4 Å². The van der Waals surface area contributed by atoms with Crippen LogP contribution in [0.3, 0.4) is 0 Å². The minimum Gasteiger partial charge on any atom is -0.458 e. The minimum absolute atomic E-state index is 0.0331. The highest BCUT2D eigenvalue weighted by atomic mass is 19.1. The summed E-state index contributed by atoms with van der Waals surface area (Å²) in [5.41, 5.74) is 3.37. The second-order valence-corrected chi connectivity index (χ2v) is 26.1. The molecule has 110 heavy (non-hydrogen) atoms. The molecule has 0 fully saturated rings. The second kappa shape index (κ2) is 43.5. The molecule has 0 saturated heterocycles. The number of imide groups is 1. The number of hydrogen-bond acceptors (Lipinski definition) is 23. The SMILES string of the molecule is CC[C@@]1(O)C(=O)OCc2c1cc1n(c2=O)Cc2c-1nc1cc(F)c(C)c3c1c2C(C=NC(=O)c1ccc(COCNC(=O)CNC(=O)[C@H](Cc2ccccc2)NC(=O)CNC(=O)CNC(=O)COCCOCCOCCOCCOCCOCCOCCOCCNC(=O)CCCCCN2C(=O)C=CC2=O)cc1)CC3. The molecule has 4 aliphatic rings. The number of unbranched alkanes of at least 4 members (excludes halogenated alkanes) is 2. The van der Waals surface area contributed by atoms with Crippen molar-refractivity contribution in [2.24, 2.45) is 4.99 Å². The van der Waals surface area contributed by atoms with Crippen molar-refractivity contribution in [2.75, 3.05) is 145 Å². The Morgan fingerprint density at radius 1 is 0.664 bits per heavy atom. The lowest BCUT2D eigenvalue weighted by atomic mass is 9.78. The molecule has 3 aliphatic heterocycles. The van der Waals surface area contributed by atoms with Gasteiger partial charge in [0.15, 0.2) is 5.60 Å². The van der Waals surface area contributed by atoms with Gasteiger partial charge in [-0.3, -0.25) is 52.8 Å². The molecule has 1 aliphatic carbocycles. The summed E-state index contributed by atoms with van der Waals surface area (Å²) in [6.07, 6.45) is 7.50. The van der Waals surface area contributed by atoms with E-state index in [1.165, 1.54) is 27.7 Å². The van der Waals surface area contributed by atoms with E-state index in [1.807, 2.05) is 0 Å². The molecule has 32 nitrogen and oxygen atoms in total. The maximum atomic E-state index is 15.5. The molecule has 9 rings (SSSR count). The van der Waals surface area contributed by atoms with Crippen LogP contribution < -0.4 is 37.5 Å². The van der Waals surface area contributed by atoms with E-state index in [1.54, 1.807) is 80.7 Å². The van der Waals surface area contributed by atoms with Crippen molar-refractivity contribution in [3.05, 3.63) is 145 Å². The average molecular weight is 1530 g/mol. The number of hydrogen-bond donors (Lipinski definition) is 7. The first-order valence-electron chi connectivity index (χ1n) is 36.7. The van der Waals surface area contributed by atoms with E-state index in [0.717, 1.165) is 22.9 Å². The molecule has 3 aromatic carbocycles. The standard InChI is InChI=1S/C77H95FN10O22/c1-3-77(100)58-39-62-72-56(45-88(62)75(98)57(58)47-110-76(77)99)70-54(17-18-55-50(2)59(78)40-60(86-72)71(55)70)41-82-73(96)53-15-13-52(14-16-53)46-109-49-84-65(91)43-83-74(97)61(38-51-10-6-4-7-11-51)85-66(92)44-80-64(90)42-81-67(93)48-108-37-36-107-35-34-106-33-32-105-31-30-104-29-28-103-27-26-102-25-24-101-23-21-79-63(89)12-8-5-9-22-87-68(94)19-20-69(87)95/h4,6-7,10-11,13-16,19-20,39-41,54,61,100H,3,5,8-9,12,17-18,21-38,42-49H2,1-2H3,(H,79,89)(H,80,90)(H,81,93)(H,83,97)(H,84,91)(H,85,92)/t54?,61-,77-/m0/s1. The third-order valence-corrected chi connectivity index (χ3v) is 18.5. The zero-order valence-corrected chi connectivity index (χ0v) is 61.8. The van der Waals surface area contributed by atoms with Gasteiger partial charge in [0.05, 0.1) is 154 Å². The molecular weight excluding hydrogens is 1440 g/mol. The van der Waals surface area contributed by atoms with Crippen LogP contribution in [-0.2, 0) is 129 Å². The van der Waals surface area contributed by atoms with Crippen LogP contribution in [0.2, 0.25) is 0 Å². The first-order valence-corrected chi connectivity index (χ1v) is 36.7. The van der Waals surface area contributed by atoms with Gasteiger partial charge in [0.1, 0.15) is 31.8 Å². The maximum absolute atomic E-state index is 15.5. The van der Waals surface area contributed by atoms with Crippen LogP contribution in [0.5, 0.6) is 0 Å². The van der Waals surface area contributed by atoms with Crippen molar-refractivity contribution in [2.45, 2.75) is 103 Å². The molecule has 1 unspecified atom stereocenters. The Labute approximate surface area is 634 Å². The van der Waals surface area contributed by atoms with Crippen LogP contribution in [0.25, 0.3) is 22.3 Å². The highest BCUT2D eigenvalue weighted by molar-refractivity contribution is 6.13. The number of nitrogens with zero attached hydrogens (tertiary/aromatic N) is 4. The minimum atomic E-state index is -2.03. The quantitative estimate of drug-likeness (QED) is 0.00942. The monoisotopic (exact) mass is 1530 g/mol. The van der Waals surface area contributed by atoms with Crippen LogP contribution in [-0.4, -0.2) is 236 Å². The number of halogens is 1. The maximum Gasteiger partial charge on any atom is 0.343 e. The Morgan fingerprint density at radius 2 is 1.26 bits per heavy atom. The molecule has 592 valence electrons. The predicted octanol–water partition coefficient (Wildman–Crippen LogP) is 1.87. The highest BCUT2D eigenvalue weighted by Crippen LogP contribution is 2.46. The number of aliphatic imine (C=N–C) groups is 1. The van der Waals surface area contributed by atoms with Crippen LogP contribution in [0.1, 0.15) is 106 Å². The van der Waals surface area contributed by atoms with Crippen molar-refractivity contribution in [3.8, 4) is 11.4 Å². The Hall–Kier alpha value is -9.94. The largest absolute Gasteiger partial charge is 0.458 e. The Bertz CT molecular complexity index is 4160. The van der Waals surface area contributed by atoms with Crippen molar-refractivity contribution >= 4 is 76.3 Å². The van der Waals surface area contributed by atoms with Crippen molar-refractivity contribution < 1.29 is 105 Å². The average Bonchev–Trinajstić information content (AvgIpc) is 1.52. The van der Waals surface area contributed by atoms with E-state index >= 15 is 4.39 Å². The number of aromatic nitrogens is 2. The van der Waals surface area contributed by atoms with E-state index in [4.69, 9.17) is 52.4 Å². The number of carbonyl (C=O) groups excluding carboxylic acids is 10. The fraction of sp³-hybridized carbons (Fsp3) is 0.494. The predicted molar refractivity (Wildman–Crippen MR) is 392 cm³/mol. The molecule has 0 spiro atoms. The molecule has 5 aromatic rings. The normalized spacial score (nSPS) is 15.7. The van der Waals surface area contributed by atoms with E-state index in [-0.39, 0.29) is 100 Å². The Kier molecular flexibility index (Phi) is 33.2. The number of amides is 9. The van der Waals surface area contributed by atoms with E-state index in [9.17, 15) is 57.8 Å². The summed E-state index contributed by atoms with van der Waals surface area (Å²) in [6.45, 7) is 6.98. The zero-order valence-electron chi connectivity index (χ0n) is 61.8. The van der Waals surface area contributed by atoms with Gasteiger partial charge in [-0.15, -0.1) is 0 Å². The Balaban J connectivity index is 0.563. The van der Waals surface area contributed by atoms with Crippen LogP contribution in [0.4, 0.5) is 4.39 Å². The lowest BCUT2D eigenvalue weighted by Gasteiger charge is -2.31. The molecule has 0 saturated carbocycles. The van der Waals surface area contributed by atoms with Gasteiger partial charge in [-0.1, -0.05) is 55.8 Å². The van der Waals surface area contributed by atoms with Gasteiger partial charge in [-0.2, -0.15) is 0 Å². The lowest BCUT2D eigenvalue weighted by Crippen LogP contribution is -2.52. The van der Waals surface area contributed by atoms with Gasteiger partial charge in [0.25, 0.3) is 23.3 Å². The van der Waals surface area contributed by atoms with E-state index in [2.05, 4.69) is 36.9 Å². The van der Waals surface area contributed by atoms with E-state index < -0.39 is 90.0 Å². The summed E-state index contributed by atoms with van der Waals surface area (Å²) in [5, 5.41) is 27.4. The number of rotatable bonds is 49. The van der Waals surface area contributed by atoms with Crippen molar-refractivity contribution in [3.63, 3.8) is 0 Å². The molecule has 7 N–H and O–H groups in total. The topological polar surface area (TPSA) is 406 Å². The van der Waals surface area contributed by atoms with Crippen molar-refractivity contribution in [1.29, 1.82) is 0 Å². The smallest absolute Gasteiger partial charge is 0.343 e. The number of ether oxygens (including phenoxy) is 10. The lowest BCUT2D eigenvalue weighted by molar-refractivity contribution is -0.172. The number of benzene rings is 3. The number of carbonyl (C=O) groups is 10. The fourth-order valence-corrected chi connectivity index (χ4v) is 12.6. The van der Waals surface area contributed by atoms with Gasteiger partial charge < -0.3 is 88.9 Å². The van der Waals surface area contributed by atoms with Crippen LogP contribution >= 0.6 is 0 Å². The number of pyridine rings is 2. The summed E-state index contributed by atoms with van der Waals surface area (Å²) >= 11 is 0. The number of esters is 1. The number of fused-ring (bicyclic) bond motifs is 5. The molecule has 33 heteroatoms. The number of aliphatic hydroxyl groups is 1. The number of cyclic esters (lactones) is 1. The fourth-order valence-electron chi connectivity index (χ4n) is 12.6. The molecule has 2 aromatic heterocycles. The molecule has 3 atom stereocenters. The zero-order chi connectivity index (χ0) is 78.2. The number of aryl methyl sites for hydroxylation is 1. The first-order chi connectivity index (χ1) is 53.3. The van der Waals surface area contributed by atoms with Crippen LogP contribution in [0, 0.1) is 12.7 Å². The summed E-state index contributed by atoms with van der Waals surface area (Å²) in [5.74, 6) is -6.15. The summed E-state index contributed by atoms with van der Waals surface area (Å²) < 4.78 is 71.6. The summed E-state index contributed by atoms with van der Waals surface area (Å²) in [6, 6.07) is 17.2.